The van der Waals surface area contributed by atoms with Gasteiger partial charge in [0, 0.05) is 5.03 Å². The first-order valence-electron chi connectivity index (χ1n) is 3.12. The number of halogens is 1. The molecule has 0 unspecified atom stereocenters. The summed E-state index contributed by atoms with van der Waals surface area (Å²) in [6.07, 6.45) is 5.01. The zero-order chi connectivity index (χ0) is 8.85. The Labute approximate surface area is 72.9 Å². The highest BCUT2D eigenvalue weighted by Gasteiger charge is 1.99. The van der Waals surface area contributed by atoms with Crippen molar-refractivity contribution >= 4 is 11.6 Å². The van der Waals surface area contributed by atoms with Crippen molar-refractivity contribution in [2.75, 3.05) is 0 Å². The van der Waals surface area contributed by atoms with Crippen molar-refractivity contribution in [3.8, 4) is 0 Å². The fourth-order valence-corrected chi connectivity index (χ4v) is 0.784. The SMILES string of the molecule is C=C/C=C(\C(=C)Cl)C(=C)C=C. The minimum absolute atomic E-state index is 0.454. The molecule has 0 radical (unpaired) electrons. The van der Waals surface area contributed by atoms with Crippen LogP contribution in [0.25, 0.3) is 0 Å². The highest BCUT2D eigenvalue weighted by Crippen LogP contribution is 2.20. The molecule has 0 aromatic rings. The molecule has 0 saturated heterocycles. The summed E-state index contributed by atoms with van der Waals surface area (Å²) in [7, 11) is 0. The third-order valence-corrected chi connectivity index (χ3v) is 1.37. The van der Waals surface area contributed by atoms with E-state index < -0.39 is 0 Å². The molecule has 0 aliphatic heterocycles. The van der Waals surface area contributed by atoms with Crippen LogP contribution in [0.1, 0.15) is 0 Å². The van der Waals surface area contributed by atoms with Crippen LogP contribution in [-0.4, -0.2) is 0 Å². The van der Waals surface area contributed by atoms with Crippen molar-refractivity contribution in [1.29, 1.82) is 0 Å². The van der Waals surface area contributed by atoms with E-state index in [2.05, 4.69) is 26.3 Å². The Balaban J connectivity index is 4.74. The van der Waals surface area contributed by atoms with Crippen molar-refractivity contribution in [3.63, 3.8) is 0 Å². The van der Waals surface area contributed by atoms with Gasteiger partial charge < -0.3 is 0 Å². The number of hydrogen-bond donors (Lipinski definition) is 0. The normalized spacial score (nSPS) is 10.5. The highest BCUT2D eigenvalue weighted by molar-refractivity contribution is 6.32. The fourth-order valence-electron chi connectivity index (χ4n) is 0.599. The lowest BCUT2D eigenvalue weighted by atomic mass is 10.1. The summed E-state index contributed by atoms with van der Waals surface area (Å²) in [5.41, 5.74) is 1.53. The number of hydrogen-bond acceptors (Lipinski definition) is 0. The number of allylic oxidation sites excluding steroid dienone is 6. The second-order valence-electron chi connectivity index (χ2n) is 1.95. The van der Waals surface area contributed by atoms with Crippen LogP contribution < -0.4 is 0 Å². The maximum atomic E-state index is 5.68. The van der Waals surface area contributed by atoms with Gasteiger partial charge in [-0.2, -0.15) is 0 Å². The van der Waals surface area contributed by atoms with E-state index in [-0.39, 0.29) is 0 Å². The molecule has 0 aliphatic carbocycles. The zero-order valence-corrected chi connectivity index (χ0v) is 7.19. The first-order valence-corrected chi connectivity index (χ1v) is 3.50. The third kappa shape index (κ3) is 3.06. The molecule has 0 rings (SSSR count). The van der Waals surface area contributed by atoms with Crippen LogP contribution in [0.2, 0.25) is 0 Å². The molecule has 0 nitrogen and oxygen atoms in total. The second kappa shape index (κ2) is 4.75. The van der Waals surface area contributed by atoms with E-state index >= 15 is 0 Å². The summed E-state index contributed by atoms with van der Waals surface area (Å²) >= 11 is 5.68. The van der Waals surface area contributed by atoms with Crippen LogP contribution in [0, 0.1) is 0 Å². The zero-order valence-electron chi connectivity index (χ0n) is 6.44. The van der Waals surface area contributed by atoms with E-state index in [9.17, 15) is 0 Å². The highest BCUT2D eigenvalue weighted by atomic mass is 35.5. The molecular formula is C10H11Cl. The molecule has 0 heterocycles. The molecule has 0 aliphatic rings. The minimum Gasteiger partial charge on any atom is -0.0990 e. The Morgan fingerprint density at radius 3 is 2.00 bits per heavy atom. The van der Waals surface area contributed by atoms with Crippen molar-refractivity contribution in [2.45, 2.75) is 0 Å². The van der Waals surface area contributed by atoms with Gasteiger partial charge in [0.1, 0.15) is 0 Å². The summed E-state index contributed by atoms with van der Waals surface area (Å²) in [5.74, 6) is 0. The average Bonchev–Trinajstić information content (AvgIpc) is 1.98. The molecule has 0 atom stereocenters. The van der Waals surface area contributed by atoms with Crippen LogP contribution in [0.15, 0.2) is 60.7 Å². The molecule has 0 amide bonds. The predicted molar refractivity (Wildman–Crippen MR) is 52.6 cm³/mol. The Hall–Kier alpha value is -1.01. The first kappa shape index (κ1) is 9.99. The van der Waals surface area contributed by atoms with Crippen LogP contribution in [0.3, 0.4) is 0 Å². The second-order valence-corrected chi connectivity index (χ2v) is 2.41. The van der Waals surface area contributed by atoms with Gasteiger partial charge >= 0.3 is 0 Å². The van der Waals surface area contributed by atoms with Crippen LogP contribution >= 0.6 is 11.6 Å². The summed E-state index contributed by atoms with van der Waals surface area (Å²) in [4.78, 5) is 0. The van der Waals surface area contributed by atoms with E-state index in [1.165, 1.54) is 0 Å². The maximum Gasteiger partial charge on any atom is 0.0412 e. The summed E-state index contributed by atoms with van der Waals surface area (Å²) < 4.78 is 0. The van der Waals surface area contributed by atoms with Crippen molar-refractivity contribution in [3.05, 3.63) is 60.7 Å². The van der Waals surface area contributed by atoms with E-state index in [4.69, 9.17) is 11.6 Å². The largest absolute Gasteiger partial charge is 0.0990 e. The fraction of sp³-hybridized carbons (Fsp3) is 0. The van der Waals surface area contributed by atoms with Gasteiger partial charge in [-0.05, 0) is 11.1 Å². The van der Waals surface area contributed by atoms with E-state index in [1.54, 1.807) is 18.2 Å². The van der Waals surface area contributed by atoms with E-state index in [1.807, 2.05) is 0 Å². The van der Waals surface area contributed by atoms with Gasteiger partial charge in [0.15, 0.2) is 0 Å². The molecular weight excluding hydrogens is 156 g/mol. The van der Waals surface area contributed by atoms with Crippen LogP contribution in [0.4, 0.5) is 0 Å². The summed E-state index contributed by atoms with van der Waals surface area (Å²) in [5, 5.41) is 0.454. The van der Waals surface area contributed by atoms with Crippen molar-refractivity contribution in [2.24, 2.45) is 0 Å². The summed E-state index contributed by atoms with van der Waals surface area (Å²) in [6.45, 7) is 14.4. The van der Waals surface area contributed by atoms with Crippen LogP contribution in [0.5, 0.6) is 0 Å². The first-order chi connectivity index (χ1) is 5.13. The molecule has 0 fully saturated rings. The minimum atomic E-state index is 0.454. The predicted octanol–water partition coefficient (Wildman–Crippen LogP) is 3.59. The Kier molecular flexibility index (Phi) is 4.32. The van der Waals surface area contributed by atoms with Gasteiger partial charge in [0.25, 0.3) is 0 Å². The number of rotatable bonds is 4. The van der Waals surface area contributed by atoms with Crippen LogP contribution in [-0.2, 0) is 0 Å². The topological polar surface area (TPSA) is 0 Å². The lowest BCUT2D eigenvalue weighted by Crippen LogP contribution is -1.82. The molecule has 0 aromatic heterocycles. The Morgan fingerprint density at radius 1 is 1.18 bits per heavy atom. The van der Waals surface area contributed by atoms with E-state index in [0.29, 0.717) is 5.03 Å². The Morgan fingerprint density at radius 2 is 1.73 bits per heavy atom. The molecule has 0 aromatic carbocycles. The Bertz CT molecular complexity index is 231. The van der Waals surface area contributed by atoms with E-state index in [0.717, 1.165) is 11.1 Å². The van der Waals surface area contributed by atoms with Gasteiger partial charge in [-0.1, -0.05) is 56.1 Å². The van der Waals surface area contributed by atoms with Gasteiger partial charge in [0.2, 0.25) is 0 Å². The molecule has 11 heavy (non-hydrogen) atoms. The standard InChI is InChI=1S/C10H11Cl/c1-5-7-10(9(4)11)8(3)6-2/h5-7H,1-4H2/b10-7-. The third-order valence-electron chi connectivity index (χ3n) is 1.17. The molecule has 0 saturated carbocycles. The van der Waals surface area contributed by atoms with Gasteiger partial charge in [-0.15, -0.1) is 0 Å². The van der Waals surface area contributed by atoms with Gasteiger partial charge in [-0.3, -0.25) is 0 Å². The average molecular weight is 167 g/mol. The molecule has 0 N–H and O–H groups in total. The smallest absolute Gasteiger partial charge is 0.0412 e. The molecule has 1 heteroatoms. The van der Waals surface area contributed by atoms with Crippen molar-refractivity contribution in [1.82, 2.24) is 0 Å². The molecule has 58 valence electrons. The lowest BCUT2D eigenvalue weighted by molar-refractivity contribution is 1.56. The van der Waals surface area contributed by atoms with Crippen molar-refractivity contribution < 1.29 is 0 Å². The quantitative estimate of drug-likeness (QED) is 0.560. The lowest BCUT2D eigenvalue weighted by Gasteiger charge is -2.02. The van der Waals surface area contributed by atoms with Gasteiger partial charge in [-0.25, -0.2) is 0 Å². The monoisotopic (exact) mass is 166 g/mol. The van der Waals surface area contributed by atoms with Gasteiger partial charge in [0.05, 0.1) is 0 Å². The maximum absolute atomic E-state index is 5.68. The molecule has 0 spiro atoms. The summed E-state index contributed by atoms with van der Waals surface area (Å²) in [6, 6.07) is 0. The molecule has 0 bridgehead atoms.